The number of aliphatic hydroxyl groups is 1. The highest BCUT2D eigenvalue weighted by Crippen LogP contribution is 2.37. The Bertz CT molecular complexity index is 426. The van der Waals surface area contributed by atoms with E-state index in [1.165, 1.54) is 0 Å². The third-order valence-corrected chi connectivity index (χ3v) is 3.77. The smallest absolute Gasteiger partial charge is 0.119 e. The first-order valence-electron chi connectivity index (χ1n) is 6.49. The zero-order chi connectivity index (χ0) is 13.3. The zero-order valence-electron chi connectivity index (χ0n) is 11.6. The molecule has 3 nitrogen and oxygen atoms in total. The number of hydrogen-bond donors (Lipinski definition) is 1. The van der Waals surface area contributed by atoms with E-state index >= 15 is 0 Å². The Labute approximate surface area is 109 Å². The van der Waals surface area contributed by atoms with Crippen molar-refractivity contribution in [2.24, 2.45) is 0 Å². The van der Waals surface area contributed by atoms with E-state index in [1.54, 1.807) is 7.11 Å². The molecule has 1 aromatic carbocycles. The Morgan fingerprint density at radius 1 is 1.39 bits per heavy atom. The number of ether oxygens (including phenoxy) is 2. The molecule has 2 rings (SSSR count). The van der Waals surface area contributed by atoms with E-state index in [1.807, 2.05) is 18.2 Å². The summed E-state index contributed by atoms with van der Waals surface area (Å²) in [7, 11) is 1.64. The van der Waals surface area contributed by atoms with Gasteiger partial charge in [0, 0.05) is 6.42 Å². The van der Waals surface area contributed by atoms with Gasteiger partial charge in [0.1, 0.15) is 11.9 Å². The van der Waals surface area contributed by atoms with Crippen molar-refractivity contribution in [2.45, 2.75) is 51.4 Å². The predicted octanol–water partition coefficient (Wildman–Crippen LogP) is 2.86. The van der Waals surface area contributed by atoms with Gasteiger partial charge < -0.3 is 14.6 Å². The van der Waals surface area contributed by atoms with E-state index in [0.29, 0.717) is 0 Å². The molecule has 0 amide bonds. The van der Waals surface area contributed by atoms with Crippen molar-refractivity contribution < 1.29 is 14.6 Å². The van der Waals surface area contributed by atoms with Crippen molar-refractivity contribution >= 4 is 0 Å². The highest BCUT2D eigenvalue weighted by molar-refractivity contribution is 5.41. The minimum absolute atomic E-state index is 0.151. The Balaban J connectivity index is 2.17. The lowest BCUT2D eigenvalue weighted by Gasteiger charge is -2.29. The molecule has 0 aliphatic heterocycles. The van der Waals surface area contributed by atoms with E-state index in [2.05, 4.69) is 20.8 Å². The van der Waals surface area contributed by atoms with Crippen LogP contribution in [0.5, 0.6) is 5.75 Å². The number of aliphatic hydroxyl groups excluding tert-OH is 1. The Morgan fingerprint density at radius 2 is 2.11 bits per heavy atom. The SMILES string of the molecule is CCC(C)(C)OC1Cc2ccc(OC)cc2C1O. The summed E-state index contributed by atoms with van der Waals surface area (Å²) in [4.78, 5) is 0. The molecule has 1 aliphatic rings. The number of methoxy groups -OCH3 is 1. The van der Waals surface area contributed by atoms with Crippen LogP contribution in [-0.2, 0) is 11.2 Å². The van der Waals surface area contributed by atoms with Gasteiger partial charge in [-0.15, -0.1) is 0 Å². The summed E-state index contributed by atoms with van der Waals surface area (Å²) >= 11 is 0. The minimum Gasteiger partial charge on any atom is -0.497 e. The van der Waals surface area contributed by atoms with E-state index in [9.17, 15) is 5.11 Å². The monoisotopic (exact) mass is 250 g/mol. The second-order valence-electron chi connectivity index (χ2n) is 5.48. The third kappa shape index (κ3) is 2.52. The molecule has 1 N–H and O–H groups in total. The van der Waals surface area contributed by atoms with Gasteiger partial charge in [-0.3, -0.25) is 0 Å². The fraction of sp³-hybridized carbons (Fsp3) is 0.600. The van der Waals surface area contributed by atoms with Crippen molar-refractivity contribution in [3.05, 3.63) is 29.3 Å². The van der Waals surface area contributed by atoms with E-state index in [-0.39, 0.29) is 11.7 Å². The molecule has 0 radical (unpaired) electrons. The maximum atomic E-state index is 10.3. The second-order valence-corrected chi connectivity index (χ2v) is 5.48. The molecule has 1 aromatic rings. The molecule has 2 atom stereocenters. The number of fused-ring (bicyclic) bond motifs is 1. The highest BCUT2D eigenvalue weighted by Gasteiger charge is 2.35. The molecule has 0 saturated carbocycles. The van der Waals surface area contributed by atoms with Crippen LogP contribution in [-0.4, -0.2) is 23.9 Å². The Kier molecular flexibility index (Phi) is 3.64. The fourth-order valence-corrected chi connectivity index (χ4v) is 2.29. The summed E-state index contributed by atoms with van der Waals surface area (Å²) in [6.45, 7) is 6.21. The molecule has 0 spiro atoms. The standard InChI is InChI=1S/C15H22O3/c1-5-15(2,3)18-13-8-10-6-7-11(17-4)9-12(10)14(13)16/h6-7,9,13-14,16H,5,8H2,1-4H3. The summed E-state index contributed by atoms with van der Waals surface area (Å²) in [5.74, 6) is 0.781. The van der Waals surface area contributed by atoms with E-state index in [0.717, 1.165) is 29.7 Å². The molecule has 0 fully saturated rings. The quantitative estimate of drug-likeness (QED) is 0.893. The van der Waals surface area contributed by atoms with Gasteiger partial charge in [-0.25, -0.2) is 0 Å². The van der Waals surface area contributed by atoms with Gasteiger partial charge in [0.15, 0.2) is 0 Å². The molecule has 0 saturated heterocycles. The molecule has 18 heavy (non-hydrogen) atoms. The largest absolute Gasteiger partial charge is 0.497 e. The summed E-state index contributed by atoms with van der Waals surface area (Å²) in [6, 6.07) is 5.85. The lowest BCUT2D eigenvalue weighted by molar-refractivity contribution is -0.114. The fourth-order valence-electron chi connectivity index (χ4n) is 2.29. The Hall–Kier alpha value is -1.06. The van der Waals surface area contributed by atoms with Gasteiger partial charge in [0.25, 0.3) is 0 Å². The van der Waals surface area contributed by atoms with Crippen LogP contribution in [0, 0.1) is 0 Å². The lowest BCUT2D eigenvalue weighted by Crippen LogP contribution is -2.32. The molecular weight excluding hydrogens is 228 g/mol. The summed E-state index contributed by atoms with van der Waals surface area (Å²) in [5.41, 5.74) is 1.89. The van der Waals surface area contributed by atoms with Gasteiger partial charge in [0.05, 0.1) is 18.8 Å². The maximum Gasteiger partial charge on any atom is 0.119 e. The van der Waals surface area contributed by atoms with Crippen molar-refractivity contribution in [3.63, 3.8) is 0 Å². The van der Waals surface area contributed by atoms with Crippen LogP contribution in [0.2, 0.25) is 0 Å². The van der Waals surface area contributed by atoms with Gasteiger partial charge in [-0.2, -0.15) is 0 Å². The van der Waals surface area contributed by atoms with Crippen LogP contribution in [0.1, 0.15) is 44.4 Å². The summed E-state index contributed by atoms with van der Waals surface area (Å²) < 4.78 is 11.2. The van der Waals surface area contributed by atoms with Crippen molar-refractivity contribution in [1.29, 1.82) is 0 Å². The van der Waals surface area contributed by atoms with Crippen molar-refractivity contribution in [2.75, 3.05) is 7.11 Å². The first kappa shape index (κ1) is 13.4. The van der Waals surface area contributed by atoms with E-state index in [4.69, 9.17) is 9.47 Å². The molecule has 2 unspecified atom stereocenters. The number of benzene rings is 1. The van der Waals surface area contributed by atoms with Crippen molar-refractivity contribution in [1.82, 2.24) is 0 Å². The molecule has 0 bridgehead atoms. The minimum atomic E-state index is -0.555. The maximum absolute atomic E-state index is 10.3. The van der Waals surface area contributed by atoms with Crippen LogP contribution in [0.15, 0.2) is 18.2 Å². The molecule has 1 aliphatic carbocycles. The molecule has 0 heterocycles. The molecule has 0 aromatic heterocycles. The number of hydrogen-bond acceptors (Lipinski definition) is 3. The van der Waals surface area contributed by atoms with Gasteiger partial charge >= 0.3 is 0 Å². The lowest BCUT2D eigenvalue weighted by atomic mass is 10.1. The van der Waals surface area contributed by atoms with Crippen LogP contribution < -0.4 is 4.74 Å². The summed E-state index contributed by atoms with van der Waals surface area (Å²) in [5, 5.41) is 10.3. The van der Waals surface area contributed by atoms with Gasteiger partial charge in [-0.05, 0) is 43.5 Å². The van der Waals surface area contributed by atoms with Crippen LogP contribution >= 0.6 is 0 Å². The van der Waals surface area contributed by atoms with Crippen molar-refractivity contribution in [3.8, 4) is 5.75 Å². The number of rotatable bonds is 4. The van der Waals surface area contributed by atoms with Gasteiger partial charge in [0.2, 0.25) is 0 Å². The average molecular weight is 250 g/mol. The van der Waals surface area contributed by atoms with Crippen LogP contribution in [0.3, 0.4) is 0 Å². The third-order valence-electron chi connectivity index (χ3n) is 3.77. The molecule has 3 heteroatoms. The zero-order valence-corrected chi connectivity index (χ0v) is 11.6. The second kappa shape index (κ2) is 4.90. The first-order valence-corrected chi connectivity index (χ1v) is 6.49. The normalized spacial score (nSPS) is 22.9. The molecule has 100 valence electrons. The van der Waals surface area contributed by atoms with Crippen LogP contribution in [0.4, 0.5) is 0 Å². The summed E-state index contributed by atoms with van der Waals surface area (Å²) in [6.07, 6.45) is 0.989. The predicted molar refractivity (Wildman–Crippen MR) is 70.9 cm³/mol. The molecular formula is C15H22O3. The van der Waals surface area contributed by atoms with Gasteiger partial charge in [-0.1, -0.05) is 13.0 Å². The highest BCUT2D eigenvalue weighted by atomic mass is 16.5. The van der Waals surface area contributed by atoms with Crippen LogP contribution in [0.25, 0.3) is 0 Å². The topological polar surface area (TPSA) is 38.7 Å². The van der Waals surface area contributed by atoms with E-state index < -0.39 is 6.10 Å². The Morgan fingerprint density at radius 3 is 2.72 bits per heavy atom. The average Bonchev–Trinajstić information content (AvgIpc) is 2.65. The first-order chi connectivity index (χ1) is 8.46.